The van der Waals surface area contributed by atoms with Crippen molar-refractivity contribution in [1.29, 1.82) is 0 Å². The van der Waals surface area contributed by atoms with Gasteiger partial charge < -0.3 is 19.9 Å². The largest absolute Gasteiger partial charge is 0.447 e. The molecule has 0 radical (unpaired) electrons. The predicted octanol–water partition coefficient (Wildman–Crippen LogP) is 3.13. The SMILES string of the molecule is CC(C)OC(=O)N1CCC(Nc2ncnc3c2CCN3c2ccc(S(C)(=O)=O)cc2F)CC1. The number of hydrogen-bond acceptors (Lipinski definition) is 8. The number of nitrogens with one attached hydrogen (secondary N) is 1. The van der Waals surface area contributed by atoms with Crippen molar-refractivity contribution in [2.45, 2.75) is 50.2 Å². The van der Waals surface area contributed by atoms with Crippen LogP contribution in [0.25, 0.3) is 0 Å². The fourth-order valence-electron chi connectivity index (χ4n) is 4.17. The van der Waals surface area contributed by atoms with Gasteiger partial charge in [-0.2, -0.15) is 0 Å². The molecule has 2 aromatic rings. The Labute approximate surface area is 192 Å². The molecule has 0 spiro atoms. The lowest BCUT2D eigenvalue weighted by Crippen LogP contribution is -2.43. The lowest BCUT2D eigenvalue weighted by molar-refractivity contribution is 0.0701. The third kappa shape index (κ3) is 5.02. The number of likely N-dealkylation sites (tertiary alicyclic amines) is 1. The number of aromatic nitrogens is 2. The Morgan fingerprint density at radius 2 is 1.94 bits per heavy atom. The van der Waals surface area contributed by atoms with Crippen LogP contribution in [0, 0.1) is 5.82 Å². The molecule has 9 nitrogen and oxygen atoms in total. The van der Waals surface area contributed by atoms with Gasteiger partial charge in [0, 0.05) is 37.5 Å². The van der Waals surface area contributed by atoms with E-state index >= 15 is 0 Å². The molecule has 1 aromatic heterocycles. The monoisotopic (exact) mass is 477 g/mol. The number of anilines is 3. The molecule has 1 fully saturated rings. The van der Waals surface area contributed by atoms with Crippen LogP contribution in [-0.2, 0) is 21.0 Å². The van der Waals surface area contributed by atoms with E-state index in [4.69, 9.17) is 4.74 Å². The molecule has 0 saturated carbocycles. The number of amides is 1. The highest BCUT2D eigenvalue weighted by atomic mass is 32.2. The minimum Gasteiger partial charge on any atom is -0.447 e. The number of nitrogens with zero attached hydrogens (tertiary/aromatic N) is 4. The molecule has 2 aliphatic heterocycles. The Kier molecular flexibility index (Phi) is 6.42. The topological polar surface area (TPSA) is 105 Å². The number of hydrogen-bond donors (Lipinski definition) is 1. The quantitative estimate of drug-likeness (QED) is 0.700. The average Bonchev–Trinajstić information content (AvgIpc) is 3.18. The fraction of sp³-hybridized carbons (Fsp3) is 0.500. The molecule has 11 heteroatoms. The molecule has 1 aromatic carbocycles. The van der Waals surface area contributed by atoms with Crippen LogP contribution in [0.15, 0.2) is 29.4 Å². The molecular weight excluding hydrogens is 449 g/mol. The van der Waals surface area contributed by atoms with Gasteiger partial charge in [0.15, 0.2) is 9.84 Å². The summed E-state index contributed by atoms with van der Waals surface area (Å²) in [6, 6.07) is 4.07. The average molecular weight is 478 g/mol. The van der Waals surface area contributed by atoms with Gasteiger partial charge in [-0.15, -0.1) is 0 Å². The summed E-state index contributed by atoms with van der Waals surface area (Å²) in [5.74, 6) is 0.704. The number of carbonyl (C=O) groups excluding carboxylic acids is 1. The van der Waals surface area contributed by atoms with Crippen molar-refractivity contribution in [3.8, 4) is 0 Å². The predicted molar refractivity (Wildman–Crippen MR) is 122 cm³/mol. The van der Waals surface area contributed by atoms with Crippen LogP contribution in [0.3, 0.4) is 0 Å². The van der Waals surface area contributed by atoms with Crippen molar-refractivity contribution in [3.63, 3.8) is 0 Å². The zero-order valence-corrected chi connectivity index (χ0v) is 19.7. The first kappa shape index (κ1) is 23.2. The van der Waals surface area contributed by atoms with Crippen LogP contribution in [0.2, 0.25) is 0 Å². The second kappa shape index (κ2) is 9.12. The lowest BCUT2D eigenvalue weighted by Gasteiger charge is -2.32. The number of rotatable bonds is 5. The normalized spacial score (nSPS) is 16.8. The van der Waals surface area contributed by atoms with Gasteiger partial charge in [-0.3, -0.25) is 0 Å². The summed E-state index contributed by atoms with van der Waals surface area (Å²) >= 11 is 0. The van der Waals surface area contributed by atoms with Crippen LogP contribution in [0.4, 0.5) is 26.5 Å². The summed E-state index contributed by atoms with van der Waals surface area (Å²) in [6.45, 7) is 5.37. The van der Waals surface area contributed by atoms with Gasteiger partial charge in [0.25, 0.3) is 0 Å². The van der Waals surface area contributed by atoms with E-state index in [9.17, 15) is 17.6 Å². The minimum absolute atomic E-state index is 0.0585. The molecule has 0 aliphatic carbocycles. The van der Waals surface area contributed by atoms with E-state index in [1.54, 1.807) is 9.80 Å². The van der Waals surface area contributed by atoms with E-state index < -0.39 is 15.7 Å². The summed E-state index contributed by atoms with van der Waals surface area (Å²) in [4.78, 5) is 24.3. The highest BCUT2D eigenvalue weighted by Gasteiger charge is 2.30. The second-order valence-electron chi connectivity index (χ2n) is 8.65. The highest BCUT2D eigenvalue weighted by Crippen LogP contribution is 2.37. The van der Waals surface area contributed by atoms with Gasteiger partial charge in [0.2, 0.25) is 0 Å². The lowest BCUT2D eigenvalue weighted by atomic mass is 10.1. The number of sulfone groups is 1. The molecular formula is C22H28FN5O4S. The molecule has 0 atom stereocenters. The van der Waals surface area contributed by atoms with Gasteiger partial charge in [-0.1, -0.05) is 0 Å². The van der Waals surface area contributed by atoms with E-state index in [0.29, 0.717) is 37.7 Å². The van der Waals surface area contributed by atoms with Crippen molar-refractivity contribution in [3.05, 3.63) is 35.9 Å². The highest BCUT2D eigenvalue weighted by molar-refractivity contribution is 7.90. The molecule has 1 amide bonds. The summed E-state index contributed by atoms with van der Waals surface area (Å²) in [6.07, 6.45) is 4.21. The first-order valence-corrected chi connectivity index (χ1v) is 12.9. The summed E-state index contributed by atoms with van der Waals surface area (Å²) in [5.41, 5.74) is 1.17. The summed E-state index contributed by atoms with van der Waals surface area (Å²) in [5, 5.41) is 3.47. The Morgan fingerprint density at radius 1 is 1.21 bits per heavy atom. The standard InChI is InChI=1S/C22H28FN5O4S/c1-14(2)32-22(29)27-9-6-15(7-10-27)26-20-17-8-11-28(21(17)25-13-24-20)19-5-4-16(12-18(19)23)33(3,30)31/h4-5,12-15H,6-11H2,1-3H3,(H,24,25,26). The zero-order chi connectivity index (χ0) is 23.8. The first-order chi connectivity index (χ1) is 15.6. The van der Waals surface area contributed by atoms with Gasteiger partial charge in [0.1, 0.15) is 23.8 Å². The van der Waals surface area contributed by atoms with Crippen LogP contribution >= 0.6 is 0 Å². The van der Waals surface area contributed by atoms with Crippen LogP contribution in [-0.4, -0.2) is 67.4 Å². The number of benzene rings is 1. The molecule has 178 valence electrons. The van der Waals surface area contributed by atoms with Gasteiger partial charge in [0.05, 0.1) is 16.7 Å². The van der Waals surface area contributed by atoms with E-state index in [0.717, 1.165) is 30.7 Å². The van der Waals surface area contributed by atoms with Crippen LogP contribution in [0.1, 0.15) is 32.3 Å². The molecule has 2 aliphatic rings. The summed E-state index contributed by atoms with van der Waals surface area (Å²) < 4.78 is 43.5. The minimum atomic E-state index is -3.49. The molecule has 1 saturated heterocycles. The van der Waals surface area contributed by atoms with Crippen molar-refractivity contribution in [2.24, 2.45) is 0 Å². The molecule has 1 N–H and O–H groups in total. The Bertz CT molecular complexity index is 1150. The number of carbonyl (C=O) groups is 1. The fourth-order valence-corrected chi connectivity index (χ4v) is 4.80. The number of ether oxygens (including phenoxy) is 1. The smallest absolute Gasteiger partial charge is 0.410 e. The molecule has 33 heavy (non-hydrogen) atoms. The molecule has 0 bridgehead atoms. The van der Waals surface area contributed by atoms with Crippen LogP contribution < -0.4 is 10.2 Å². The van der Waals surface area contributed by atoms with Gasteiger partial charge in [-0.05, 0) is 51.3 Å². The molecule has 3 heterocycles. The van der Waals surface area contributed by atoms with E-state index in [-0.39, 0.29) is 28.8 Å². The van der Waals surface area contributed by atoms with Crippen molar-refractivity contribution >= 4 is 33.3 Å². The molecule has 4 rings (SSSR count). The van der Waals surface area contributed by atoms with Crippen molar-refractivity contribution in [2.75, 3.05) is 36.1 Å². The van der Waals surface area contributed by atoms with Gasteiger partial charge in [-0.25, -0.2) is 27.6 Å². The first-order valence-electron chi connectivity index (χ1n) is 11.0. The second-order valence-corrected chi connectivity index (χ2v) is 10.7. The van der Waals surface area contributed by atoms with Crippen molar-refractivity contribution in [1.82, 2.24) is 14.9 Å². The number of piperidine rings is 1. The Balaban J connectivity index is 1.47. The van der Waals surface area contributed by atoms with Crippen LogP contribution in [0.5, 0.6) is 0 Å². The van der Waals surface area contributed by atoms with E-state index in [1.165, 1.54) is 18.5 Å². The summed E-state index contributed by atoms with van der Waals surface area (Å²) in [7, 11) is -3.49. The maximum atomic E-state index is 14.8. The van der Waals surface area contributed by atoms with Crippen molar-refractivity contribution < 1.29 is 22.3 Å². The third-order valence-electron chi connectivity index (χ3n) is 5.83. The third-order valence-corrected chi connectivity index (χ3v) is 6.94. The Morgan fingerprint density at radius 3 is 2.58 bits per heavy atom. The zero-order valence-electron chi connectivity index (χ0n) is 18.9. The van der Waals surface area contributed by atoms with E-state index in [2.05, 4.69) is 15.3 Å². The number of halogens is 1. The Hall–Kier alpha value is -2.95. The number of fused-ring (bicyclic) bond motifs is 1. The maximum Gasteiger partial charge on any atom is 0.410 e. The molecule has 0 unspecified atom stereocenters. The maximum absolute atomic E-state index is 14.8. The van der Waals surface area contributed by atoms with Gasteiger partial charge >= 0.3 is 6.09 Å². The van der Waals surface area contributed by atoms with E-state index in [1.807, 2.05) is 13.8 Å².